The molecule has 1 aliphatic heterocycles. The van der Waals surface area contributed by atoms with E-state index >= 15 is 0 Å². The largest absolute Gasteiger partial charge is 0.321 e. The van der Waals surface area contributed by atoms with E-state index < -0.39 is 21.8 Å². The Hall–Kier alpha value is -2.67. The van der Waals surface area contributed by atoms with Crippen molar-refractivity contribution in [3.63, 3.8) is 0 Å². The van der Waals surface area contributed by atoms with Gasteiger partial charge >= 0.3 is 0 Å². The zero-order valence-corrected chi connectivity index (χ0v) is 12.4. The third-order valence-electron chi connectivity index (χ3n) is 3.29. The van der Waals surface area contributed by atoms with Crippen molar-refractivity contribution in [2.75, 3.05) is 15.9 Å². The number of hydrogen-bond donors (Lipinski definition) is 1. The molecule has 1 heterocycles. The topological polar surface area (TPSA) is 83.6 Å². The Morgan fingerprint density at radius 2 is 1.50 bits per heavy atom. The number of amides is 2. The second kappa shape index (κ2) is 4.96. The number of rotatable bonds is 1. The molecule has 7 heteroatoms. The zero-order valence-electron chi connectivity index (χ0n) is 11.6. The summed E-state index contributed by atoms with van der Waals surface area (Å²) in [5, 5.41) is 2.64. The van der Waals surface area contributed by atoms with Crippen molar-refractivity contribution in [2.45, 2.75) is 0 Å². The van der Waals surface area contributed by atoms with Crippen molar-refractivity contribution in [1.82, 2.24) is 0 Å². The number of carbonyl (C=O) groups is 2. The number of carbonyl (C=O) groups excluding carboxylic acids is 2. The maximum absolute atomic E-state index is 12.7. The fourth-order valence-corrected chi connectivity index (χ4v) is 3.28. The lowest BCUT2D eigenvalue weighted by Crippen LogP contribution is -2.39. The highest BCUT2D eigenvalue weighted by molar-refractivity contribution is 7.92. The molecule has 0 unspecified atom stereocenters. The van der Waals surface area contributed by atoms with Crippen LogP contribution in [0.25, 0.3) is 0 Å². The summed E-state index contributed by atoms with van der Waals surface area (Å²) in [5.41, 5.74) is 0.564. The van der Waals surface area contributed by atoms with Gasteiger partial charge < -0.3 is 5.32 Å². The quantitative estimate of drug-likeness (QED) is 0.870. The molecule has 0 saturated heterocycles. The van der Waals surface area contributed by atoms with Gasteiger partial charge in [0.15, 0.2) is 0 Å². The van der Waals surface area contributed by atoms with Gasteiger partial charge in [0.1, 0.15) is 0 Å². The predicted molar refractivity (Wildman–Crippen MR) is 82.5 cm³/mol. The number of nitrogens with zero attached hydrogens (tertiary/aromatic N) is 1. The molecular weight excluding hydrogens is 304 g/mol. The highest BCUT2D eigenvalue weighted by Crippen LogP contribution is 2.30. The number of hydrogen-bond acceptors (Lipinski definition) is 4. The van der Waals surface area contributed by atoms with Gasteiger partial charge in [-0.05, 0) is 24.3 Å². The van der Waals surface area contributed by atoms with Crippen LogP contribution in [0.1, 0.15) is 20.7 Å². The third-order valence-corrected chi connectivity index (χ3v) is 4.32. The second-order valence-corrected chi connectivity index (χ2v) is 6.68. The van der Waals surface area contributed by atoms with E-state index in [0.29, 0.717) is 4.31 Å². The monoisotopic (exact) mass is 316 g/mol. The minimum absolute atomic E-state index is 0.0435. The number of fused-ring (bicyclic) bond motifs is 2. The van der Waals surface area contributed by atoms with Crippen LogP contribution in [0.3, 0.4) is 0 Å². The van der Waals surface area contributed by atoms with Crippen LogP contribution in [0, 0.1) is 0 Å². The Bertz CT molecular complexity index is 890. The molecule has 2 aromatic carbocycles. The normalized spacial score (nSPS) is 14.5. The number of sulfonamides is 1. The zero-order chi connectivity index (χ0) is 15.9. The molecule has 0 atom stereocenters. The summed E-state index contributed by atoms with van der Waals surface area (Å²) in [7, 11) is -3.89. The third kappa shape index (κ3) is 2.25. The van der Waals surface area contributed by atoms with E-state index in [9.17, 15) is 18.0 Å². The number of anilines is 2. The molecule has 0 saturated carbocycles. The molecular formula is C15H12N2O4S. The average molecular weight is 316 g/mol. The van der Waals surface area contributed by atoms with Crippen molar-refractivity contribution in [2.24, 2.45) is 0 Å². The van der Waals surface area contributed by atoms with Crippen LogP contribution < -0.4 is 9.62 Å². The van der Waals surface area contributed by atoms with E-state index in [4.69, 9.17) is 0 Å². The van der Waals surface area contributed by atoms with E-state index in [2.05, 4.69) is 5.32 Å². The molecule has 2 amide bonds. The molecule has 0 aliphatic carbocycles. The fraction of sp³-hybridized carbons (Fsp3) is 0.0667. The maximum atomic E-state index is 12.7. The van der Waals surface area contributed by atoms with E-state index in [0.717, 1.165) is 6.26 Å². The van der Waals surface area contributed by atoms with E-state index in [1.54, 1.807) is 30.3 Å². The van der Waals surface area contributed by atoms with E-state index in [1.165, 1.54) is 18.2 Å². The van der Waals surface area contributed by atoms with Crippen molar-refractivity contribution < 1.29 is 18.0 Å². The van der Waals surface area contributed by atoms with Gasteiger partial charge in [-0.2, -0.15) is 0 Å². The maximum Gasteiger partial charge on any atom is 0.274 e. The SMILES string of the molecule is CS(=O)(=O)N1C(=O)c2ccccc2NC(=O)c2ccccc21. The summed E-state index contributed by atoms with van der Waals surface area (Å²) in [5.74, 6) is -1.17. The molecule has 1 aliphatic rings. The van der Waals surface area contributed by atoms with Crippen LogP contribution >= 0.6 is 0 Å². The Balaban J connectivity index is 2.34. The van der Waals surface area contributed by atoms with Gasteiger partial charge in [-0.25, -0.2) is 12.7 Å². The minimum Gasteiger partial charge on any atom is -0.321 e. The first-order valence-corrected chi connectivity index (χ1v) is 8.28. The number of para-hydroxylation sites is 2. The lowest BCUT2D eigenvalue weighted by Gasteiger charge is -2.26. The predicted octanol–water partition coefficient (Wildman–Crippen LogP) is 1.86. The van der Waals surface area contributed by atoms with Crippen LogP contribution in [0.15, 0.2) is 48.5 Å². The second-order valence-electron chi connectivity index (χ2n) is 4.85. The van der Waals surface area contributed by atoms with Crippen molar-refractivity contribution in [3.05, 3.63) is 59.7 Å². The molecule has 1 N–H and O–H groups in total. The Labute approximate surface area is 127 Å². The molecule has 6 nitrogen and oxygen atoms in total. The van der Waals surface area contributed by atoms with Gasteiger partial charge in [0.25, 0.3) is 11.8 Å². The molecule has 3 rings (SSSR count). The van der Waals surface area contributed by atoms with Crippen LogP contribution in [0.5, 0.6) is 0 Å². The van der Waals surface area contributed by atoms with Gasteiger partial charge in [0.2, 0.25) is 10.0 Å². The smallest absolute Gasteiger partial charge is 0.274 e. The van der Waals surface area contributed by atoms with Gasteiger partial charge in [-0.1, -0.05) is 24.3 Å². The summed E-state index contributed by atoms with van der Waals surface area (Å²) in [6.07, 6.45) is 0.934. The molecule has 0 aromatic heterocycles. The van der Waals surface area contributed by atoms with Crippen molar-refractivity contribution >= 4 is 33.2 Å². The van der Waals surface area contributed by atoms with Crippen LogP contribution in [-0.2, 0) is 10.0 Å². The highest BCUT2D eigenvalue weighted by atomic mass is 32.2. The van der Waals surface area contributed by atoms with Crippen molar-refractivity contribution in [1.29, 1.82) is 0 Å². The number of nitrogens with one attached hydrogen (secondary N) is 1. The Morgan fingerprint density at radius 1 is 0.909 bits per heavy atom. The molecule has 0 bridgehead atoms. The summed E-state index contributed by atoms with van der Waals surface area (Å²) in [6.45, 7) is 0. The van der Waals surface area contributed by atoms with E-state index in [1.807, 2.05) is 0 Å². The van der Waals surface area contributed by atoms with E-state index in [-0.39, 0.29) is 22.5 Å². The Morgan fingerprint density at radius 3 is 2.18 bits per heavy atom. The first kappa shape index (κ1) is 14.3. The summed E-state index contributed by atoms with van der Waals surface area (Å²) in [4.78, 5) is 25.1. The minimum atomic E-state index is -3.89. The first-order valence-electron chi connectivity index (χ1n) is 6.43. The molecule has 0 radical (unpaired) electrons. The molecule has 22 heavy (non-hydrogen) atoms. The molecule has 112 valence electrons. The van der Waals surface area contributed by atoms with Gasteiger partial charge in [-0.15, -0.1) is 0 Å². The van der Waals surface area contributed by atoms with Crippen LogP contribution in [0.2, 0.25) is 0 Å². The van der Waals surface area contributed by atoms with Gasteiger partial charge in [-0.3, -0.25) is 9.59 Å². The van der Waals surface area contributed by atoms with Gasteiger partial charge in [0.05, 0.1) is 28.8 Å². The number of benzene rings is 2. The standard InChI is InChI=1S/C15H12N2O4S/c1-22(20,21)17-13-9-5-3-7-11(13)14(18)16-12-8-4-2-6-10(12)15(17)19/h2-9H,1H3,(H,16,18). The first-order chi connectivity index (χ1) is 10.4. The van der Waals surface area contributed by atoms with Crippen LogP contribution in [-0.4, -0.2) is 26.5 Å². The molecule has 0 fully saturated rings. The summed E-state index contributed by atoms with van der Waals surface area (Å²) >= 11 is 0. The summed E-state index contributed by atoms with van der Waals surface area (Å²) < 4.78 is 24.9. The highest BCUT2D eigenvalue weighted by Gasteiger charge is 2.33. The lowest BCUT2D eigenvalue weighted by molar-refractivity contribution is 0.100. The lowest BCUT2D eigenvalue weighted by atomic mass is 10.1. The van der Waals surface area contributed by atoms with Crippen LogP contribution in [0.4, 0.5) is 11.4 Å². The molecule has 2 aromatic rings. The van der Waals surface area contributed by atoms with Gasteiger partial charge in [0, 0.05) is 0 Å². The summed E-state index contributed by atoms with van der Waals surface area (Å²) in [6, 6.07) is 12.4. The average Bonchev–Trinajstić information content (AvgIpc) is 2.45. The fourth-order valence-electron chi connectivity index (χ4n) is 2.36. The Kier molecular flexibility index (Phi) is 3.22. The van der Waals surface area contributed by atoms with Crippen molar-refractivity contribution in [3.8, 4) is 0 Å². The molecule has 0 spiro atoms.